The minimum absolute atomic E-state index is 0.205. The Morgan fingerprint density at radius 1 is 1.07 bits per heavy atom. The third-order valence-corrected chi connectivity index (χ3v) is 6.85. The van der Waals surface area contributed by atoms with E-state index < -0.39 is 5.69 Å². The van der Waals surface area contributed by atoms with Crippen molar-refractivity contribution >= 4 is 22.5 Å². The smallest absolute Gasteiger partial charge is 0.307 e. The van der Waals surface area contributed by atoms with Gasteiger partial charge in [-0.3, -0.25) is 9.36 Å². The number of hydrogen-bond donors (Lipinski definition) is 1. The van der Waals surface area contributed by atoms with Gasteiger partial charge in [-0.25, -0.2) is 9.18 Å². The molecule has 1 saturated carbocycles. The topological polar surface area (TPSA) is 58.1 Å². The van der Waals surface area contributed by atoms with E-state index in [1.54, 1.807) is 18.2 Å². The van der Waals surface area contributed by atoms with Crippen LogP contribution in [0.4, 0.5) is 4.39 Å². The number of nitrogens with zero attached hydrogens (tertiary/aromatic N) is 2. The van der Waals surface area contributed by atoms with E-state index in [0.29, 0.717) is 46.8 Å². The molecule has 2 aromatic carbocycles. The van der Waals surface area contributed by atoms with Gasteiger partial charge in [0.25, 0.3) is 5.56 Å². The largest absolute Gasteiger partial charge is 0.328 e. The van der Waals surface area contributed by atoms with Gasteiger partial charge in [-0.2, -0.15) is 0 Å². The van der Waals surface area contributed by atoms with Gasteiger partial charge in [0.2, 0.25) is 0 Å². The zero-order valence-electron chi connectivity index (χ0n) is 15.8. The number of nitrogens with one attached hydrogen (secondary N) is 1. The van der Waals surface area contributed by atoms with Crippen LogP contribution in [0.2, 0.25) is 5.02 Å². The fourth-order valence-corrected chi connectivity index (χ4v) is 5.23. The van der Waals surface area contributed by atoms with Crippen LogP contribution in [0.15, 0.2) is 52.1 Å². The average Bonchev–Trinajstić information content (AvgIpc) is 2.99. The van der Waals surface area contributed by atoms with Gasteiger partial charge in [-0.15, -0.1) is 0 Å². The summed E-state index contributed by atoms with van der Waals surface area (Å²) < 4.78 is 14.4. The summed E-state index contributed by atoms with van der Waals surface area (Å²) in [5, 5.41) is 0.700. The van der Waals surface area contributed by atoms with Crippen molar-refractivity contribution in [2.75, 3.05) is 19.6 Å². The average molecular weight is 414 g/mol. The Kier molecular flexibility index (Phi) is 4.56. The van der Waals surface area contributed by atoms with Gasteiger partial charge in [-0.1, -0.05) is 29.8 Å². The van der Waals surface area contributed by atoms with Gasteiger partial charge in [0.1, 0.15) is 5.82 Å². The van der Waals surface area contributed by atoms with Gasteiger partial charge < -0.3 is 9.88 Å². The molecule has 0 radical (unpaired) electrons. The van der Waals surface area contributed by atoms with Crippen molar-refractivity contribution in [3.63, 3.8) is 0 Å². The summed E-state index contributed by atoms with van der Waals surface area (Å²) in [5.74, 6) is 1.45. The van der Waals surface area contributed by atoms with Gasteiger partial charge in [0.15, 0.2) is 0 Å². The maximum atomic E-state index is 13.2. The Labute approximate surface area is 171 Å². The Morgan fingerprint density at radius 3 is 2.66 bits per heavy atom. The van der Waals surface area contributed by atoms with Crippen LogP contribution in [0, 0.1) is 17.7 Å². The number of hydrogen-bond acceptors (Lipinski definition) is 3. The first-order chi connectivity index (χ1) is 14.0. The molecule has 7 heteroatoms. The summed E-state index contributed by atoms with van der Waals surface area (Å²) in [6.45, 7) is 2.88. The quantitative estimate of drug-likeness (QED) is 0.714. The summed E-state index contributed by atoms with van der Waals surface area (Å²) >= 11 is 6.18. The Morgan fingerprint density at radius 2 is 1.86 bits per heavy atom. The maximum Gasteiger partial charge on any atom is 0.328 e. The second-order valence-corrected chi connectivity index (χ2v) is 8.53. The van der Waals surface area contributed by atoms with Crippen LogP contribution < -0.4 is 11.2 Å². The molecule has 2 aliphatic rings. The van der Waals surface area contributed by atoms with Crippen molar-refractivity contribution in [2.45, 2.75) is 18.9 Å². The van der Waals surface area contributed by atoms with Crippen LogP contribution in [-0.2, 0) is 6.54 Å². The zero-order chi connectivity index (χ0) is 20.1. The second kappa shape index (κ2) is 7.11. The molecule has 2 heterocycles. The number of H-pyrrole nitrogens is 1. The maximum absolute atomic E-state index is 13.2. The molecule has 2 fully saturated rings. The summed E-state index contributed by atoms with van der Waals surface area (Å²) in [5.41, 5.74) is 0.910. The Bertz CT molecular complexity index is 1190. The van der Waals surface area contributed by atoms with E-state index in [0.717, 1.165) is 19.5 Å². The molecule has 1 aliphatic heterocycles. The number of aromatic nitrogens is 2. The fourth-order valence-electron chi connectivity index (χ4n) is 4.97. The van der Waals surface area contributed by atoms with Gasteiger partial charge in [0.05, 0.1) is 15.9 Å². The van der Waals surface area contributed by atoms with Gasteiger partial charge in [-0.05, 0) is 54.0 Å². The lowest BCUT2D eigenvalue weighted by atomic mass is 9.64. The summed E-state index contributed by atoms with van der Waals surface area (Å²) in [4.78, 5) is 30.3. The van der Waals surface area contributed by atoms with E-state index in [4.69, 9.17) is 11.6 Å². The Hall–Kier alpha value is -2.44. The molecular formula is C22H21ClFN3O2. The highest BCUT2D eigenvalue weighted by atomic mass is 35.5. The van der Waals surface area contributed by atoms with E-state index in [9.17, 15) is 14.0 Å². The van der Waals surface area contributed by atoms with Crippen LogP contribution in [-0.4, -0.2) is 34.1 Å². The summed E-state index contributed by atoms with van der Waals surface area (Å²) in [6, 6.07) is 11.9. The summed E-state index contributed by atoms with van der Waals surface area (Å²) in [6.07, 6.45) is 1.11. The Balaban J connectivity index is 1.30. The number of rotatable bonds is 4. The molecule has 29 heavy (non-hydrogen) atoms. The molecule has 1 aliphatic carbocycles. The number of halogens is 2. The third kappa shape index (κ3) is 3.20. The van der Waals surface area contributed by atoms with Crippen LogP contribution in [0.25, 0.3) is 10.9 Å². The molecule has 3 unspecified atom stereocenters. The lowest BCUT2D eigenvalue weighted by Gasteiger charge is -2.40. The molecule has 150 valence electrons. The van der Waals surface area contributed by atoms with Crippen molar-refractivity contribution < 1.29 is 4.39 Å². The monoisotopic (exact) mass is 413 g/mol. The van der Waals surface area contributed by atoms with Gasteiger partial charge in [0, 0.05) is 26.2 Å². The van der Waals surface area contributed by atoms with Crippen molar-refractivity contribution in [3.05, 3.63) is 79.7 Å². The number of benzene rings is 2. The predicted octanol–water partition coefficient (Wildman–Crippen LogP) is 3.22. The molecule has 5 rings (SSSR count). The van der Waals surface area contributed by atoms with Crippen molar-refractivity contribution in [1.29, 1.82) is 0 Å². The highest BCUT2D eigenvalue weighted by Crippen LogP contribution is 2.51. The number of aromatic amines is 1. The predicted molar refractivity (Wildman–Crippen MR) is 111 cm³/mol. The minimum atomic E-state index is -0.406. The highest BCUT2D eigenvalue weighted by Gasteiger charge is 2.47. The van der Waals surface area contributed by atoms with E-state index in [-0.39, 0.29) is 11.4 Å². The standard InChI is InChI=1S/C22H21ClFN3O2/c23-18-2-1-3-19-20(18)21(28)27(22(29)25-19)9-8-26-11-14-10-16(17(14)12-26)13-4-6-15(24)7-5-13/h1-7,14,16-17H,8-12H2,(H,25,29). The molecule has 3 atom stereocenters. The molecule has 3 aromatic rings. The van der Waals surface area contributed by atoms with E-state index in [1.165, 1.54) is 22.3 Å². The van der Waals surface area contributed by atoms with E-state index in [1.807, 2.05) is 12.1 Å². The molecule has 1 saturated heterocycles. The highest BCUT2D eigenvalue weighted by molar-refractivity contribution is 6.35. The summed E-state index contributed by atoms with van der Waals surface area (Å²) in [7, 11) is 0. The first-order valence-electron chi connectivity index (χ1n) is 9.90. The van der Waals surface area contributed by atoms with Gasteiger partial charge >= 0.3 is 5.69 Å². The molecule has 5 nitrogen and oxygen atoms in total. The lowest BCUT2D eigenvalue weighted by Crippen LogP contribution is -2.38. The first kappa shape index (κ1) is 18.6. The molecular weight excluding hydrogens is 393 g/mol. The minimum Gasteiger partial charge on any atom is -0.307 e. The zero-order valence-corrected chi connectivity index (χ0v) is 16.5. The van der Waals surface area contributed by atoms with Crippen LogP contribution in [0.5, 0.6) is 0 Å². The molecule has 1 N–H and O–H groups in total. The van der Waals surface area contributed by atoms with E-state index in [2.05, 4.69) is 9.88 Å². The molecule has 0 spiro atoms. The second-order valence-electron chi connectivity index (χ2n) is 8.13. The van der Waals surface area contributed by atoms with E-state index >= 15 is 0 Å². The normalized spacial score (nSPS) is 23.9. The van der Waals surface area contributed by atoms with Crippen molar-refractivity contribution in [1.82, 2.24) is 14.5 Å². The SMILES string of the molecule is O=c1[nH]c2cccc(Cl)c2c(=O)n1CCN1CC2CC(c3ccc(F)cc3)C2C1. The van der Waals surface area contributed by atoms with Crippen LogP contribution in [0.1, 0.15) is 17.9 Å². The lowest BCUT2D eigenvalue weighted by molar-refractivity contribution is 0.191. The molecule has 0 amide bonds. The number of fused-ring (bicyclic) bond motifs is 2. The fraction of sp³-hybridized carbons (Fsp3) is 0.364. The molecule has 1 aromatic heterocycles. The third-order valence-electron chi connectivity index (χ3n) is 6.54. The number of likely N-dealkylation sites (tertiary alicyclic amines) is 1. The van der Waals surface area contributed by atoms with Crippen molar-refractivity contribution in [3.8, 4) is 0 Å². The van der Waals surface area contributed by atoms with Crippen LogP contribution in [0.3, 0.4) is 0 Å². The van der Waals surface area contributed by atoms with Crippen molar-refractivity contribution in [2.24, 2.45) is 11.8 Å². The first-order valence-corrected chi connectivity index (χ1v) is 10.3. The van der Waals surface area contributed by atoms with Crippen LogP contribution >= 0.6 is 11.6 Å². The molecule has 0 bridgehead atoms.